The number of nitrogens with zero attached hydrogens (tertiary/aromatic N) is 1. The van der Waals surface area contributed by atoms with Crippen molar-refractivity contribution in [2.24, 2.45) is 11.1 Å². The van der Waals surface area contributed by atoms with Crippen LogP contribution < -0.4 is 10.5 Å². The summed E-state index contributed by atoms with van der Waals surface area (Å²) < 4.78 is 27.6. The minimum atomic E-state index is -3.53. The first-order valence-electron chi connectivity index (χ1n) is 7.17. The third kappa shape index (κ3) is 3.19. The Morgan fingerprint density at radius 1 is 1.40 bits per heavy atom. The molecule has 0 saturated heterocycles. The molecule has 1 aliphatic carbocycles. The monoisotopic (exact) mass is 297 g/mol. The van der Waals surface area contributed by atoms with Crippen LogP contribution in [-0.2, 0) is 16.6 Å². The van der Waals surface area contributed by atoms with E-state index < -0.39 is 10.0 Å². The van der Waals surface area contributed by atoms with Gasteiger partial charge in [-0.15, -0.1) is 0 Å². The van der Waals surface area contributed by atoms with Crippen LogP contribution in [0.5, 0.6) is 0 Å². The van der Waals surface area contributed by atoms with Gasteiger partial charge < -0.3 is 5.73 Å². The van der Waals surface area contributed by atoms with Crippen LogP contribution in [0.4, 0.5) is 0 Å². The van der Waals surface area contributed by atoms with E-state index in [0.29, 0.717) is 12.2 Å². The molecule has 0 amide bonds. The van der Waals surface area contributed by atoms with Crippen molar-refractivity contribution in [2.75, 3.05) is 6.54 Å². The maximum atomic E-state index is 12.4. The smallest absolute Gasteiger partial charge is 0.242 e. The van der Waals surface area contributed by atoms with Gasteiger partial charge in [-0.2, -0.15) is 0 Å². The van der Waals surface area contributed by atoms with Gasteiger partial charge in [-0.1, -0.05) is 19.8 Å². The molecule has 1 aromatic rings. The predicted molar refractivity (Wildman–Crippen MR) is 78.5 cm³/mol. The van der Waals surface area contributed by atoms with E-state index in [4.69, 9.17) is 5.73 Å². The Labute approximate surface area is 121 Å². The number of pyridine rings is 1. The average Bonchev–Trinajstić information content (AvgIpc) is 2.95. The number of sulfonamides is 1. The summed E-state index contributed by atoms with van der Waals surface area (Å²) in [5, 5.41) is 0. The first-order chi connectivity index (χ1) is 9.53. The van der Waals surface area contributed by atoms with Crippen molar-refractivity contribution in [3.8, 4) is 0 Å². The summed E-state index contributed by atoms with van der Waals surface area (Å²) >= 11 is 0. The summed E-state index contributed by atoms with van der Waals surface area (Å²) in [4.78, 5) is 4.24. The molecule has 112 valence electrons. The molecule has 1 aliphatic rings. The van der Waals surface area contributed by atoms with Crippen LogP contribution in [-0.4, -0.2) is 19.9 Å². The number of aromatic nitrogens is 1. The lowest BCUT2D eigenvalue weighted by atomic mass is 9.84. The molecule has 5 nitrogen and oxygen atoms in total. The summed E-state index contributed by atoms with van der Waals surface area (Å²) in [7, 11) is -3.53. The van der Waals surface area contributed by atoms with Crippen molar-refractivity contribution in [2.45, 2.75) is 50.5 Å². The largest absolute Gasteiger partial charge is 0.325 e. The highest BCUT2D eigenvalue weighted by Crippen LogP contribution is 2.40. The molecule has 2 rings (SSSR count). The van der Waals surface area contributed by atoms with Crippen molar-refractivity contribution in [3.05, 3.63) is 24.0 Å². The zero-order valence-electron chi connectivity index (χ0n) is 11.9. The molecule has 1 heterocycles. The summed E-state index contributed by atoms with van der Waals surface area (Å²) in [6.45, 7) is 2.76. The van der Waals surface area contributed by atoms with Gasteiger partial charge in [0.1, 0.15) is 4.90 Å². The van der Waals surface area contributed by atoms with Crippen molar-refractivity contribution in [1.29, 1.82) is 0 Å². The normalized spacial score (nSPS) is 18.3. The molecule has 1 fully saturated rings. The Balaban J connectivity index is 2.15. The number of hydrogen-bond donors (Lipinski definition) is 2. The average molecular weight is 297 g/mol. The van der Waals surface area contributed by atoms with Crippen molar-refractivity contribution >= 4 is 10.0 Å². The van der Waals surface area contributed by atoms with E-state index in [-0.39, 0.29) is 16.9 Å². The lowest BCUT2D eigenvalue weighted by Crippen LogP contribution is -2.36. The van der Waals surface area contributed by atoms with Gasteiger partial charge in [-0.25, -0.2) is 13.1 Å². The van der Waals surface area contributed by atoms with E-state index in [0.717, 1.165) is 19.3 Å². The lowest BCUT2D eigenvalue weighted by molar-refractivity contribution is 0.285. The van der Waals surface area contributed by atoms with Gasteiger partial charge in [0, 0.05) is 19.3 Å². The van der Waals surface area contributed by atoms with E-state index in [1.165, 1.54) is 12.8 Å². The van der Waals surface area contributed by atoms with Crippen LogP contribution >= 0.6 is 0 Å². The molecular weight excluding hydrogens is 274 g/mol. The Hall–Kier alpha value is -0.980. The fourth-order valence-electron chi connectivity index (χ4n) is 2.93. The van der Waals surface area contributed by atoms with E-state index >= 15 is 0 Å². The van der Waals surface area contributed by atoms with Gasteiger partial charge in [0.2, 0.25) is 10.0 Å². The minimum Gasteiger partial charge on any atom is -0.325 e. The van der Waals surface area contributed by atoms with Crippen LogP contribution in [0.2, 0.25) is 0 Å². The highest BCUT2D eigenvalue weighted by molar-refractivity contribution is 7.89. The lowest BCUT2D eigenvalue weighted by Gasteiger charge is -2.27. The van der Waals surface area contributed by atoms with Gasteiger partial charge >= 0.3 is 0 Å². The summed E-state index contributed by atoms with van der Waals surface area (Å²) in [6, 6.07) is 3.18. The zero-order chi connectivity index (χ0) is 14.6. The molecule has 0 bridgehead atoms. The molecule has 0 aromatic carbocycles. The van der Waals surface area contributed by atoms with Gasteiger partial charge in [0.05, 0.1) is 5.69 Å². The third-order valence-corrected chi connectivity index (χ3v) is 5.86. The topological polar surface area (TPSA) is 85.1 Å². The molecular formula is C14H23N3O2S. The van der Waals surface area contributed by atoms with Crippen LogP contribution in [0.15, 0.2) is 23.2 Å². The second kappa shape index (κ2) is 6.20. The summed E-state index contributed by atoms with van der Waals surface area (Å²) in [6.07, 6.45) is 7.15. The Kier molecular flexibility index (Phi) is 4.78. The highest BCUT2D eigenvalue weighted by atomic mass is 32.2. The van der Waals surface area contributed by atoms with Gasteiger partial charge in [0.25, 0.3) is 0 Å². The van der Waals surface area contributed by atoms with Gasteiger partial charge in [-0.05, 0) is 36.8 Å². The first kappa shape index (κ1) is 15.4. The zero-order valence-corrected chi connectivity index (χ0v) is 12.7. The maximum absolute atomic E-state index is 12.4. The van der Waals surface area contributed by atoms with E-state index in [9.17, 15) is 8.42 Å². The Bertz CT molecular complexity index is 551. The molecule has 1 saturated carbocycles. The Morgan fingerprint density at radius 3 is 2.70 bits per heavy atom. The molecule has 0 spiro atoms. The molecule has 20 heavy (non-hydrogen) atoms. The number of nitrogens with one attached hydrogen (secondary N) is 1. The van der Waals surface area contributed by atoms with Crippen LogP contribution in [0.25, 0.3) is 0 Å². The van der Waals surface area contributed by atoms with Crippen molar-refractivity contribution in [3.63, 3.8) is 0 Å². The standard InChI is InChI=1S/C14H23N3O2S/c1-2-14(7-3-4-8-14)11-17-20(18,19)13-6-5-9-16-12(13)10-15/h5-6,9,17H,2-4,7-8,10-11,15H2,1H3. The third-order valence-electron chi connectivity index (χ3n) is 4.38. The SMILES string of the molecule is CCC1(CNS(=O)(=O)c2cccnc2CN)CCCC1. The highest BCUT2D eigenvalue weighted by Gasteiger charge is 2.33. The minimum absolute atomic E-state index is 0.121. The first-order valence-corrected chi connectivity index (χ1v) is 8.65. The van der Waals surface area contributed by atoms with E-state index in [1.54, 1.807) is 18.3 Å². The van der Waals surface area contributed by atoms with E-state index in [2.05, 4.69) is 16.6 Å². The van der Waals surface area contributed by atoms with Crippen LogP contribution in [0.3, 0.4) is 0 Å². The molecule has 6 heteroatoms. The van der Waals surface area contributed by atoms with Gasteiger partial charge in [-0.3, -0.25) is 4.98 Å². The summed E-state index contributed by atoms with van der Waals surface area (Å²) in [5.74, 6) is 0. The number of nitrogens with two attached hydrogens (primary N) is 1. The number of rotatable bonds is 6. The van der Waals surface area contributed by atoms with E-state index in [1.807, 2.05) is 0 Å². The molecule has 1 aromatic heterocycles. The molecule has 0 atom stereocenters. The predicted octanol–water partition coefficient (Wildman–Crippen LogP) is 1.79. The quantitative estimate of drug-likeness (QED) is 0.838. The van der Waals surface area contributed by atoms with Crippen molar-refractivity contribution in [1.82, 2.24) is 9.71 Å². The van der Waals surface area contributed by atoms with Crippen LogP contribution in [0.1, 0.15) is 44.7 Å². The molecule has 0 unspecified atom stereocenters. The van der Waals surface area contributed by atoms with Crippen molar-refractivity contribution < 1.29 is 8.42 Å². The second-order valence-electron chi connectivity index (χ2n) is 5.54. The van der Waals surface area contributed by atoms with Gasteiger partial charge in [0.15, 0.2) is 0 Å². The fourth-order valence-corrected chi connectivity index (χ4v) is 4.28. The summed E-state index contributed by atoms with van der Waals surface area (Å²) in [5.41, 5.74) is 6.10. The molecule has 0 aliphatic heterocycles. The van der Waals surface area contributed by atoms with Crippen LogP contribution in [0, 0.1) is 5.41 Å². The maximum Gasteiger partial charge on any atom is 0.242 e. The Morgan fingerprint density at radius 2 is 2.10 bits per heavy atom. The number of hydrogen-bond acceptors (Lipinski definition) is 4. The fraction of sp³-hybridized carbons (Fsp3) is 0.643. The molecule has 3 N–H and O–H groups in total. The second-order valence-corrected chi connectivity index (χ2v) is 7.27. The molecule has 0 radical (unpaired) electrons.